The summed E-state index contributed by atoms with van der Waals surface area (Å²) >= 11 is 0. The molecule has 3 heterocycles. The number of hydrogen-bond donors (Lipinski definition) is 0. The van der Waals surface area contributed by atoms with Crippen LogP contribution in [0.5, 0.6) is 5.88 Å². The Labute approximate surface area is 186 Å². The summed E-state index contributed by atoms with van der Waals surface area (Å²) in [6.45, 7) is 3.48. The summed E-state index contributed by atoms with van der Waals surface area (Å²) in [4.78, 5) is 13.8. The highest BCUT2D eigenvalue weighted by atomic mass is 16.5. The van der Waals surface area contributed by atoms with Crippen molar-refractivity contribution in [3.63, 3.8) is 0 Å². The molecule has 31 heavy (non-hydrogen) atoms. The van der Waals surface area contributed by atoms with Crippen LogP contribution in [0.25, 0.3) is 11.0 Å². The molecular formula is C26H34N4O. The first kappa shape index (κ1) is 21.6. The smallest absolute Gasteiger partial charge is 0.213 e. The van der Waals surface area contributed by atoms with E-state index >= 15 is 0 Å². The zero-order chi connectivity index (χ0) is 21.6. The number of hydrogen-bond acceptors (Lipinski definition) is 5. The van der Waals surface area contributed by atoms with Crippen molar-refractivity contribution in [3.8, 4) is 5.88 Å². The van der Waals surface area contributed by atoms with Gasteiger partial charge < -0.3 is 14.5 Å². The molecule has 5 nitrogen and oxygen atoms in total. The van der Waals surface area contributed by atoms with Gasteiger partial charge in [-0.1, -0.05) is 12.1 Å². The number of anilines is 1. The van der Waals surface area contributed by atoms with E-state index in [0.717, 1.165) is 29.9 Å². The number of rotatable bonds is 8. The maximum absolute atomic E-state index is 5.30. The number of aryl methyl sites for hydroxylation is 1. The van der Waals surface area contributed by atoms with Crippen LogP contribution in [-0.4, -0.2) is 55.7 Å². The molecule has 0 atom stereocenters. The molecule has 2 aromatic heterocycles. The summed E-state index contributed by atoms with van der Waals surface area (Å²) in [5.74, 6) is 1.50. The molecule has 0 unspecified atom stereocenters. The summed E-state index contributed by atoms with van der Waals surface area (Å²) in [7, 11) is 5.84. The van der Waals surface area contributed by atoms with E-state index in [2.05, 4.69) is 64.2 Å². The topological polar surface area (TPSA) is 41.5 Å². The first-order valence-electron chi connectivity index (χ1n) is 11.4. The second-order valence-electron chi connectivity index (χ2n) is 8.83. The zero-order valence-corrected chi connectivity index (χ0v) is 19.1. The summed E-state index contributed by atoms with van der Waals surface area (Å²) in [6.07, 6.45) is 7.99. The average molecular weight is 419 g/mol. The van der Waals surface area contributed by atoms with E-state index in [-0.39, 0.29) is 0 Å². The van der Waals surface area contributed by atoms with Crippen LogP contribution in [0.1, 0.15) is 30.4 Å². The Kier molecular flexibility index (Phi) is 7.03. The van der Waals surface area contributed by atoms with E-state index in [1.54, 1.807) is 7.11 Å². The average Bonchev–Trinajstić information content (AvgIpc) is 2.82. The molecular weight excluding hydrogens is 384 g/mol. The lowest BCUT2D eigenvalue weighted by Crippen LogP contribution is -2.35. The first-order chi connectivity index (χ1) is 15.1. The van der Waals surface area contributed by atoms with Crippen molar-refractivity contribution in [2.24, 2.45) is 5.92 Å². The van der Waals surface area contributed by atoms with Gasteiger partial charge in [-0.2, -0.15) is 0 Å². The van der Waals surface area contributed by atoms with Crippen molar-refractivity contribution in [2.45, 2.75) is 32.1 Å². The Morgan fingerprint density at radius 3 is 2.48 bits per heavy atom. The Bertz CT molecular complexity index is 978. The molecule has 4 rings (SSSR count). The van der Waals surface area contributed by atoms with Gasteiger partial charge in [-0.05, 0) is 86.5 Å². The third kappa shape index (κ3) is 5.53. The van der Waals surface area contributed by atoms with Crippen LogP contribution in [0, 0.1) is 5.92 Å². The van der Waals surface area contributed by atoms with E-state index in [1.807, 2.05) is 18.3 Å². The zero-order valence-electron chi connectivity index (χ0n) is 19.1. The molecule has 0 amide bonds. The first-order valence-corrected chi connectivity index (χ1v) is 11.4. The van der Waals surface area contributed by atoms with Gasteiger partial charge in [0, 0.05) is 38.6 Å². The van der Waals surface area contributed by atoms with E-state index in [0.29, 0.717) is 5.88 Å². The lowest BCUT2D eigenvalue weighted by atomic mass is 9.90. The van der Waals surface area contributed by atoms with Gasteiger partial charge in [0.1, 0.15) is 0 Å². The number of benzene rings is 1. The highest BCUT2D eigenvalue weighted by Crippen LogP contribution is 2.24. The predicted octanol–water partition coefficient (Wildman–Crippen LogP) is 4.59. The van der Waals surface area contributed by atoms with Crippen LogP contribution in [0.4, 0.5) is 5.69 Å². The lowest BCUT2D eigenvalue weighted by molar-refractivity contribution is 0.181. The third-order valence-electron chi connectivity index (χ3n) is 6.55. The van der Waals surface area contributed by atoms with E-state index in [4.69, 9.17) is 4.74 Å². The maximum atomic E-state index is 5.30. The van der Waals surface area contributed by atoms with Gasteiger partial charge in [0.15, 0.2) is 0 Å². The minimum Gasteiger partial charge on any atom is -0.481 e. The molecule has 5 heteroatoms. The van der Waals surface area contributed by atoms with Gasteiger partial charge in [0.2, 0.25) is 5.88 Å². The van der Waals surface area contributed by atoms with Crippen LogP contribution in [-0.2, 0) is 12.8 Å². The molecule has 0 bridgehead atoms. The molecule has 164 valence electrons. The quantitative estimate of drug-likeness (QED) is 0.535. The largest absolute Gasteiger partial charge is 0.481 e. The van der Waals surface area contributed by atoms with Crippen LogP contribution in [0.15, 0.2) is 48.7 Å². The van der Waals surface area contributed by atoms with Crippen molar-refractivity contribution < 1.29 is 4.74 Å². The summed E-state index contributed by atoms with van der Waals surface area (Å²) in [6, 6.07) is 15.0. The second-order valence-corrected chi connectivity index (χ2v) is 8.83. The van der Waals surface area contributed by atoms with E-state index < -0.39 is 0 Å². The molecule has 1 fully saturated rings. The van der Waals surface area contributed by atoms with Gasteiger partial charge in [-0.3, -0.25) is 4.98 Å². The van der Waals surface area contributed by atoms with Gasteiger partial charge in [0.05, 0.1) is 18.1 Å². The SMILES string of the molecule is COc1ccc2nccc(CCN3CCC(CCc4ccc(N(C)C)cc4)CC3)c2n1. The van der Waals surface area contributed by atoms with Gasteiger partial charge >= 0.3 is 0 Å². The summed E-state index contributed by atoms with van der Waals surface area (Å²) in [5, 5.41) is 0. The number of fused-ring (bicyclic) bond motifs is 1. The number of ether oxygens (including phenoxy) is 1. The number of aromatic nitrogens is 2. The molecule has 0 saturated carbocycles. The standard InChI is InChI=1S/C26H34N4O/c1-29(2)23-8-6-20(7-9-23)4-5-21-13-17-30(18-14-21)19-15-22-12-16-27-24-10-11-25(31-3)28-26(22)24/h6-12,16,21H,4-5,13-15,17-19H2,1-3H3. The van der Waals surface area contributed by atoms with Gasteiger partial charge in [-0.15, -0.1) is 0 Å². The number of nitrogens with zero attached hydrogens (tertiary/aromatic N) is 4. The molecule has 0 N–H and O–H groups in total. The molecule has 0 radical (unpaired) electrons. The van der Waals surface area contributed by atoms with Gasteiger partial charge in [-0.25, -0.2) is 4.98 Å². The number of likely N-dealkylation sites (tertiary alicyclic amines) is 1. The molecule has 3 aromatic rings. The Hall–Kier alpha value is -2.66. The lowest BCUT2D eigenvalue weighted by Gasteiger charge is -2.32. The van der Waals surface area contributed by atoms with Crippen LogP contribution in [0.2, 0.25) is 0 Å². The van der Waals surface area contributed by atoms with Crippen molar-refractivity contribution in [1.29, 1.82) is 0 Å². The summed E-state index contributed by atoms with van der Waals surface area (Å²) < 4.78 is 5.30. The number of methoxy groups -OCH3 is 1. The number of piperidine rings is 1. The number of pyridine rings is 2. The third-order valence-corrected chi connectivity index (χ3v) is 6.55. The highest BCUT2D eigenvalue weighted by molar-refractivity contribution is 5.78. The Morgan fingerprint density at radius 2 is 1.77 bits per heavy atom. The van der Waals surface area contributed by atoms with Crippen molar-refractivity contribution in [2.75, 3.05) is 45.7 Å². The van der Waals surface area contributed by atoms with Crippen molar-refractivity contribution in [3.05, 3.63) is 59.8 Å². The fourth-order valence-corrected chi connectivity index (χ4v) is 4.49. The minimum absolute atomic E-state index is 0.652. The Morgan fingerprint density at radius 1 is 1.00 bits per heavy atom. The molecule has 1 aliphatic rings. The molecule has 0 aliphatic carbocycles. The van der Waals surface area contributed by atoms with Crippen LogP contribution < -0.4 is 9.64 Å². The normalized spacial score (nSPS) is 15.3. The van der Waals surface area contributed by atoms with Gasteiger partial charge in [0.25, 0.3) is 0 Å². The van der Waals surface area contributed by atoms with Crippen LogP contribution >= 0.6 is 0 Å². The minimum atomic E-state index is 0.652. The Balaban J connectivity index is 1.25. The second kappa shape index (κ2) is 10.1. The molecule has 1 aromatic carbocycles. The summed E-state index contributed by atoms with van der Waals surface area (Å²) in [5.41, 5.74) is 5.90. The van der Waals surface area contributed by atoms with E-state index in [1.165, 1.54) is 55.6 Å². The van der Waals surface area contributed by atoms with E-state index in [9.17, 15) is 0 Å². The highest BCUT2D eigenvalue weighted by Gasteiger charge is 2.19. The molecule has 1 saturated heterocycles. The monoisotopic (exact) mass is 418 g/mol. The van der Waals surface area contributed by atoms with Crippen LogP contribution in [0.3, 0.4) is 0 Å². The molecule has 0 spiro atoms. The van der Waals surface area contributed by atoms with Crippen molar-refractivity contribution in [1.82, 2.24) is 14.9 Å². The van der Waals surface area contributed by atoms with Crippen molar-refractivity contribution >= 4 is 16.7 Å². The maximum Gasteiger partial charge on any atom is 0.213 e. The molecule has 1 aliphatic heterocycles. The fourth-order valence-electron chi connectivity index (χ4n) is 4.49. The predicted molar refractivity (Wildman–Crippen MR) is 128 cm³/mol. The fraction of sp³-hybridized carbons (Fsp3) is 0.462.